The molecule has 0 saturated heterocycles. The van der Waals surface area contributed by atoms with Crippen LogP contribution in [-0.4, -0.2) is 12.0 Å². The Kier molecular flexibility index (Phi) is 2.49. The second-order valence-corrected chi connectivity index (χ2v) is 4.48. The van der Waals surface area contributed by atoms with Gasteiger partial charge in [-0.15, -0.1) is 0 Å². The molecule has 2 aromatic carbocycles. The summed E-state index contributed by atoms with van der Waals surface area (Å²) in [7, 11) is 0. The lowest BCUT2D eigenvalue weighted by atomic mass is 9.77. The first kappa shape index (κ1) is 12.0. The second kappa shape index (κ2) is 3.95. The van der Waals surface area contributed by atoms with Gasteiger partial charge in [-0.05, 0) is 11.1 Å². The average molecular weight is 262 g/mol. The van der Waals surface area contributed by atoms with Crippen LogP contribution in [0.4, 0.5) is 13.2 Å². The number of hydrogen-bond acceptors (Lipinski definition) is 1. The van der Waals surface area contributed by atoms with E-state index in [1.807, 2.05) is 0 Å². The van der Waals surface area contributed by atoms with Gasteiger partial charge in [0.05, 0.1) is 0 Å². The minimum atomic E-state index is -4.41. The van der Waals surface area contributed by atoms with Crippen molar-refractivity contribution in [3.05, 3.63) is 70.8 Å². The van der Waals surface area contributed by atoms with Gasteiger partial charge in [-0.2, -0.15) is 13.2 Å². The summed E-state index contributed by atoms with van der Waals surface area (Å²) < 4.78 is 39.9. The zero-order valence-corrected chi connectivity index (χ0v) is 9.74. The standard InChI is InChI=1S/C15H9F3O/c16-15(17,18)13-9-5-1-3-7-11(9)14(19)12-8-4-2-6-10(12)13/h1-8,13H. The van der Waals surface area contributed by atoms with Crippen LogP contribution in [0.5, 0.6) is 0 Å². The molecule has 0 unspecified atom stereocenters. The summed E-state index contributed by atoms with van der Waals surface area (Å²) in [5, 5.41) is 0. The molecule has 2 aromatic rings. The van der Waals surface area contributed by atoms with E-state index in [0.717, 1.165) is 0 Å². The Labute approximate surface area is 107 Å². The van der Waals surface area contributed by atoms with Gasteiger partial charge in [0.15, 0.2) is 5.78 Å². The predicted molar refractivity (Wildman–Crippen MR) is 64.2 cm³/mol. The lowest BCUT2D eigenvalue weighted by molar-refractivity contribution is -0.141. The van der Waals surface area contributed by atoms with Crippen LogP contribution in [-0.2, 0) is 0 Å². The Morgan fingerprint density at radius 2 is 1.21 bits per heavy atom. The minimum absolute atomic E-state index is 0.0405. The molecular weight excluding hydrogens is 253 g/mol. The molecule has 0 amide bonds. The van der Waals surface area contributed by atoms with E-state index < -0.39 is 12.1 Å². The van der Waals surface area contributed by atoms with Crippen LogP contribution >= 0.6 is 0 Å². The fourth-order valence-corrected chi connectivity index (χ4v) is 2.58. The summed E-state index contributed by atoms with van der Waals surface area (Å²) in [4.78, 5) is 12.2. The molecule has 0 aliphatic heterocycles. The number of hydrogen-bond donors (Lipinski definition) is 0. The number of fused-ring (bicyclic) bond motifs is 2. The number of halogens is 3. The molecule has 19 heavy (non-hydrogen) atoms. The first-order chi connectivity index (χ1) is 9.00. The number of benzene rings is 2. The summed E-state index contributed by atoms with van der Waals surface area (Å²) >= 11 is 0. The van der Waals surface area contributed by atoms with Gasteiger partial charge < -0.3 is 0 Å². The molecule has 96 valence electrons. The monoisotopic (exact) mass is 262 g/mol. The van der Waals surface area contributed by atoms with Crippen LogP contribution < -0.4 is 0 Å². The lowest BCUT2D eigenvalue weighted by Gasteiger charge is -2.29. The normalized spacial score (nSPS) is 15.0. The van der Waals surface area contributed by atoms with E-state index in [0.29, 0.717) is 0 Å². The highest BCUT2D eigenvalue weighted by Crippen LogP contribution is 2.45. The molecule has 4 heteroatoms. The highest BCUT2D eigenvalue weighted by Gasteiger charge is 2.47. The van der Waals surface area contributed by atoms with Gasteiger partial charge in [-0.3, -0.25) is 4.79 Å². The van der Waals surface area contributed by atoms with E-state index >= 15 is 0 Å². The largest absolute Gasteiger partial charge is 0.399 e. The zero-order chi connectivity index (χ0) is 13.6. The third kappa shape index (κ3) is 1.75. The molecule has 1 aliphatic rings. The number of carbonyl (C=O) groups excluding carboxylic acids is 1. The first-order valence-corrected chi connectivity index (χ1v) is 5.79. The minimum Gasteiger partial charge on any atom is -0.289 e. The van der Waals surface area contributed by atoms with Gasteiger partial charge in [0.1, 0.15) is 5.92 Å². The van der Waals surface area contributed by atoms with Gasteiger partial charge in [0.2, 0.25) is 0 Å². The maximum atomic E-state index is 13.3. The molecule has 3 rings (SSSR count). The smallest absolute Gasteiger partial charge is 0.289 e. The van der Waals surface area contributed by atoms with Crippen LogP contribution in [0, 0.1) is 0 Å². The SMILES string of the molecule is O=C1c2ccccc2C(C(F)(F)F)c2ccccc21. The summed E-state index contributed by atoms with van der Waals surface area (Å²) in [6.07, 6.45) is -4.41. The Morgan fingerprint density at radius 3 is 1.63 bits per heavy atom. The maximum Gasteiger partial charge on any atom is 0.399 e. The summed E-state index contributed by atoms with van der Waals surface area (Å²) in [6.45, 7) is 0. The topological polar surface area (TPSA) is 17.1 Å². The Balaban J connectivity index is 2.33. The fourth-order valence-electron chi connectivity index (χ4n) is 2.58. The Hall–Kier alpha value is -2.10. The van der Waals surface area contributed by atoms with Crippen molar-refractivity contribution in [1.29, 1.82) is 0 Å². The van der Waals surface area contributed by atoms with Crippen LogP contribution in [0.2, 0.25) is 0 Å². The number of alkyl halides is 3. The molecule has 0 atom stereocenters. The van der Waals surface area contributed by atoms with Crippen molar-refractivity contribution in [2.75, 3.05) is 0 Å². The molecular formula is C15H9F3O. The van der Waals surface area contributed by atoms with Crippen molar-refractivity contribution >= 4 is 5.78 Å². The van der Waals surface area contributed by atoms with Crippen molar-refractivity contribution in [2.45, 2.75) is 12.1 Å². The third-order valence-electron chi connectivity index (χ3n) is 3.36. The lowest BCUT2D eigenvalue weighted by Crippen LogP contribution is -2.29. The molecule has 0 radical (unpaired) electrons. The molecule has 0 fully saturated rings. The summed E-state index contributed by atoms with van der Waals surface area (Å²) in [5.74, 6) is -2.07. The Morgan fingerprint density at radius 1 is 0.789 bits per heavy atom. The van der Waals surface area contributed by atoms with Gasteiger partial charge in [0, 0.05) is 11.1 Å². The van der Waals surface area contributed by atoms with Gasteiger partial charge >= 0.3 is 6.18 Å². The van der Waals surface area contributed by atoms with Crippen LogP contribution in [0.3, 0.4) is 0 Å². The number of rotatable bonds is 0. The highest BCUT2D eigenvalue weighted by atomic mass is 19.4. The second-order valence-electron chi connectivity index (χ2n) is 4.48. The van der Waals surface area contributed by atoms with Crippen molar-refractivity contribution in [3.8, 4) is 0 Å². The molecule has 0 aromatic heterocycles. The van der Waals surface area contributed by atoms with Crippen molar-refractivity contribution in [1.82, 2.24) is 0 Å². The quantitative estimate of drug-likeness (QED) is 0.703. The van der Waals surface area contributed by atoms with E-state index in [1.54, 1.807) is 12.1 Å². The first-order valence-electron chi connectivity index (χ1n) is 5.79. The summed E-state index contributed by atoms with van der Waals surface area (Å²) in [6, 6.07) is 11.9. The molecule has 0 spiro atoms. The highest BCUT2D eigenvalue weighted by molar-refractivity contribution is 6.12. The van der Waals surface area contributed by atoms with Crippen molar-refractivity contribution in [3.63, 3.8) is 0 Å². The van der Waals surface area contributed by atoms with E-state index in [2.05, 4.69) is 0 Å². The molecule has 0 N–H and O–H groups in total. The van der Waals surface area contributed by atoms with Crippen LogP contribution in [0.15, 0.2) is 48.5 Å². The van der Waals surface area contributed by atoms with E-state index in [4.69, 9.17) is 0 Å². The van der Waals surface area contributed by atoms with Gasteiger partial charge in [-0.1, -0.05) is 48.5 Å². The molecule has 0 bridgehead atoms. The van der Waals surface area contributed by atoms with Gasteiger partial charge in [0.25, 0.3) is 0 Å². The van der Waals surface area contributed by atoms with Crippen LogP contribution in [0.25, 0.3) is 0 Å². The third-order valence-corrected chi connectivity index (χ3v) is 3.36. The fraction of sp³-hybridized carbons (Fsp3) is 0.133. The van der Waals surface area contributed by atoms with Crippen molar-refractivity contribution < 1.29 is 18.0 Å². The molecule has 0 saturated carbocycles. The van der Waals surface area contributed by atoms with Crippen molar-refractivity contribution in [2.24, 2.45) is 0 Å². The summed E-state index contributed by atoms with van der Waals surface area (Å²) in [5.41, 5.74) is 0.365. The maximum absolute atomic E-state index is 13.3. The predicted octanol–water partition coefficient (Wildman–Crippen LogP) is 3.93. The molecule has 1 nitrogen and oxygen atoms in total. The van der Waals surface area contributed by atoms with E-state index in [1.165, 1.54) is 36.4 Å². The van der Waals surface area contributed by atoms with E-state index in [-0.39, 0.29) is 28.0 Å². The Bertz CT molecular complexity index is 609. The van der Waals surface area contributed by atoms with E-state index in [9.17, 15) is 18.0 Å². The number of carbonyl (C=O) groups is 1. The number of ketones is 1. The van der Waals surface area contributed by atoms with Gasteiger partial charge in [-0.25, -0.2) is 0 Å². The molecule has 1 aliphatic carbocycles. The average Bonchev–Trinajstić information content (AvgIpc) is 2.38. The molecule has 0 heterocycles. The van der Waals surface area contributed by atoms with Crippen LogP contribution in [0.1, 0.15) is 33.0 Å². The zero-order valence-electron chi connectivity index (χ0n) is 9.74.